The fourth-order valence-corrected chi connectivity index (χ4v) is 5.79. The minimum Gasteiger partial charge on any atom is -0.465 e. The highest BCUT2D eigenvalue weighted by atomic mass is 32.2. The third-order valence-corrected chi connectivity index (χ3v) is 7.81. The van der Waals surface area contributed by atoms with Crippen molar-refractivity contribution in [2.45, 2.75) is 49.1 Å². The predicted octanol–water partition coefficient (Wildman–Crippen LogP) is 2.33. The summed E-state index contributed by atoms with van der Waals surface area (Å²) in [4.78, 5) is 15.5. The van der Waals surface area contributed by atoms with Crippen LogP contribution in [0.25, 0.3) is 0 Å². The molecule has 3 rings (SSSR count). The minimum absolute atomic E-state index is 0.0462. The van der Waals surface area contributed by atoms with Gasteiger partial charge in [0.2, 0.25) is 0 Å². The Kier molecular flexibility index (Phi) is 5.45. The van der Waals surface area contributed by atoms with Crippen LogP contribution >= 0.6 is 0 Å². The Morgan fingerprint density at radius 3 is 2.67 bits per heavy atom. The predicted molar refractivity (Wildman–Crippen MR) is 100 cm³/mol. The van der Waals surface area contributed by atoms with Crippen LogP contribution in [0.3, 0.4) is 0 Å². The van der Waals surface area contributed by atoms with Crippen molar-refractivity contribution in [1.82, 2.24) is 9.80 Å². The minimum atomic E-state index is -3.39. The number of hydrogen-bond donors (Lipinski definition) is 1. The quantitative estimate of drug-likeness (QED) is 0.798. The fourth-order valence-electron chi connectivity index (χ4n) is 4.49. The molecule has 2 saturated heterocycles. The number of sulfone groups is 1. The summed E-state index contributed by atoms with van der Waals surface area (Å²) < 4.78 is 25.1. The molecular formula is C19H25N3O4S. The molecular weight excluding hydrogens is 366 g/mol. The number of likely N-dealkylation sites (tertiary alicyclic amines) is 1. The van der Waals surface area contributed by atoms with Crippen molar-refractivity contribution < 1.29 is 18.3 Å². The summed E-state index contributed by atoms with van der Waals surface area (Å²) in [5, 5.41) is 18.2. The number of piperazine rings is 1. The van der Waals surface area contributed by atoms with Crippen LogP contribution in [0.15, 0.2) is 29.2 Å². The Bertz CT molecular complexity index is 847. The standard InChI is InChI=1S/C19H25N3O4S/c1-2-19-9-8-16(13-21(14-19)18(23)24)22(19)10-3-11-27(25,26)17-6-4-15(12-20)5-7-17/h4-7,16H,2-3,8-11,13-14H2,1H3,(H,23,24). The zero-order valence-corrected chi connectivity index (χ0v) is 16.3. The summed E-state index contributed by atoms with van der Waals surface area (Å²) >= 11 is 0. The van der Waals surface area contributed by atoms with Gasteiger partial charge in [0.1, 0.15) is 0 Å². The third-order valence-electron chi connectivity index (χ3n) is 5.99. The molecule has 1 N–H and O–H groups in total. The van der Waals surface area contributed by atoms with Gasteiger partial charge >= 0.3 is 6.09 Å². The molecule has 2 aliphatic rings. The molecule has 8 heteroatoms. The van der Waals surface area contributed by atoms with E-state index < -0.39 is 15.9 Å². The molecule has 2 unspecified atom stereocenters. The van der Waals surface area contributed by atoms with E-state index in [9.17, 15) is 18.3 Å². The number of nitrogens with zero attached hydrogens (tertiary/aromatic N) is 3. The smallest absolute Gasteiger partial charge is 0.407 e. The van der Waals surface area contributed by atoms with Crippen molar-refractivity contribution in [2.24, 2.45) is 0 Å². The van der Waals surface area contributed by atoms with Gasteiger partial charge in [-0.05, 0) is 49.9 Å². The molecule has 1 amide bonds. The SMILES string of the molecule is CCC12CCC(CN(C(=O)O)C1)N2CCCS(=O)(=O)c1ccc(C#N)cc1. The summed E-state index contributed by atoms with van der Waals surface area (Å²) in [5.41, 5.74) is 0.270. The van der Waals surface area contributed by atoms with Crippen molar-refractivity contribution in [3.05, 3.63) is 29.8 Å². The first kappa shape index (κ1) is 19.6. The molecule has 1 aromatic rings. The molecule has 2 aliphatic heterocycles. The first-order chi connectivity index (χ1) is 12.8. The molecule has 2 fully saturated rings. The number of carboxylic acid groups (broad SMARTS) is 1. The van der Waals surface area contributed by atoms with Crippen molar-refractivity contribution in [1.29, 1.82) is 5.26 Å². The molecule has 0 saturated carbocycles. The lowest BCUT2D eigenvalue weighted by Crippen LogP contribution is -2.62. The zero-order chi connectivity index (χ0) is 19.7. The second-order valence-electron chi connectivity index (χ2n) is 7.44. The van der Waals surface area contributed by atoms with Crippen LogP contribution in [0.4, 0.5) is 4.79 Å². The first-order valence-corrected chi connectivity index (χ1v) is 10.9. The fraction of sp³-hybridized carbons (Fsp3) is 0.579. The third kappa shape index (κ3) is 3.80. The monoisotopic (exact) mass is 391 g/mol. The number of hydrogen-bond acceptors (Lipinski definition) is 5. The molecule has 0 spiro atoms. The van der Waals surface area contributed by atoms with E-state index in [1.807, 2.05) is 6.07 Å². The van der Waals surface area contributed by atoms with E-state index in [0.29, 0.717) is 31.6 Å². The highest BCUT2D eigenvalue weighted by molar-refractivity contribution is 7.91. The molecule has 0 radical (unpaired) electrons. The van der Waals surface area contributed by atoms with Crippen LogP contribution in [0.5, 0.6) is 0 Å². The number of rotatable bonds is 6. The highest BCUT2D eigenvalue weighted by Crippen LogP contribution is 2.41. The molecule has 2 bridgehead atoms. The van der Waals surface area contributed by atoms with Crippen LogP contribution in [0.1, 0.15) is 38.2 Å². The number of fused-ring (bicyclic) bond motifs is 2. The van der Waals surface area contributed by atoms with Crippen LogP contribution < -0.4 is 0 Å². The number of carbonyl (C=O) groups is 1. The number of nitriles is 1. The lowest BCUT2D eigenvalue weighted by Gasteiger charge is -2.48. The van der Waals surface area contributed by atoms with E-state index in [1.165, 1.54) is 29.2 Å². The van der Waals surface area contributed by atoms with Crippen molar-refractivity contribution >= 4 is 15.9 Å². The van der Waals surface area contributed by atoms with E-state index in [1.54, 1.807) is 0 Å². The van der Waals surface area contributed by atoms with Crippen LogP contribution in [0, 0.1) is 11.3 Å². The van der Waals surface area contributed by atoms with Crippen LogP contribution in [0.2, 0.25) is 0 Å². The van der Waals surface area contributed by atoms with Crippen LogP contribution in [-0.2, 0) is 9.84 Å². The molecule has 27 heavy (non-hydrogen) atoms. The molecule has 7 nitrogen and oxygen atoms in total. The zero-order valence-electron chi connectivity index (χ0n) is 15.5. The summed E-state index contributed by atoms with van der Waals surface area (Å²) in [6.07, 6.45) is 2.41. The van der Waals surface area contributed by atoms with E-state index >= 15 is 0 Å². The molecule has 0 aliphatic carbocycles. The van der Waals surface area contributed by atoms with Crippen molar-refractivity contribution in [3.8, 4) is 6.07 Å². The summed E-state index contributed by atoms with van der Waals surface area (Å²) in [7, 11) is -3.39. The van der Waals surface area contributed by atoms with E-state index in [4.69, 9.17) is 5.26 Å². The van der Waals surface area contributed by atoms with Gasteiger partial charge in [-0.2, -0.15) is 5.26 Å². The van der Waals surface area contributed by atoms with Gasteiger partial charge in [0, 0.05) is 31.2 Å². The van der Waals surface area contributed by atoms with E-state index in [2.05, 4.69) is 11.8 Å². The van der Waals surface area contributed by atoms with Gasteiger partial charge in [0.15, 0.2) is 9.84 Å². The van der Waals surface area contributed by atoms with Crippen molar-refractivity contribution in [2.75, 3.05) is 25.4 Å². The largest absolute Gasteiger partial charge is 0.465 e. The lowest BCUT2D eigenvalue weighted by atomic mass is 9.91. The highest BCUT2D eigenvalue weighted by Gasteiger charge is 2.50. The second-order valence-corrected chi connectivity index (χ2v) is 9.54. The van der Waals surface area contributed by atoms with Gasteiger partial charge in [-0.25, -0.2) is 13.2 Å². The Hall–Kier alpha value is -2.11. The molecule has 1 aromatic carbocycles. The van der Waals surface area contributed by atoms with Gasteiger partial charge < -0.3 is 10.0 Å². The summed E-state index contributed by atoms with van der Waals surface area (Å²) in [6, 6.07) is 8.16. The average Bonchev–Trinajstić information content (AvgIpc) is 2.86. The molecule has 2 atom stereocenters. The number of amides is 1. The molecule has 2 heterocycles. The average molecular weight is 391 g/mol. The first-order valence-electron chi connectivity index (χ1n) is 9.29. The summed E-state index contributed by atoms with van der Waals surface area (Å²) in [6.45, 7) is 3.73. The Labute approximate surface area is 160 Å². The summed E-state index contributed by atoms with van der Waals surface area (Å²) in [5.74, 6) is 0.0462. The number of benzene rings is 1. The maximum atomic E-state index is 12.6. The maximum absolute atomic E-state index is 12.6. The van der Waals surface area contributed by atoms with Gasteiger partial charge in [-0.15, -0.1) is 0 Å². The second kappa shape index (κ2) is 7.49. The Balaban J connectivity index is 1.64. The Morgan fingerprint density at radius 1 is 1.37 bits per heavy atom. The van der Waals surface area contributed by atoms with E-state index in [0.717, 1.165) is 19.3 Å². The molecule has 146 valence electrons. The van der Waals surface area contributed by atoms with Gasteiger partial charge in [-0.3, -0.25) is 4.90 Å². The van der Waals surface area contributed by atoms with Gasteiger partial charge in [-0.1, -0.05) is 6.92 Å². The van der Waals surface area contributed by atoms with Gasteiger partial charge in [0.05, 0.1) is 22.3 Å². The van der Waals surface area contributed by atoms with Gasteiger partial charge in [0.25, 0.3) is 0 Å². The Morgan fingerprint density at radius 2 is 2.07 bits per heavy atom. The topological polar surface area (TPSA) is 102 Å². The lowest BCUT2D eigenvalue weighted by molar-refractivity contribution is 0.00325. The van der Waals surface area contributed by atoms with Crippen LogP contribution in [-0.4, -0.2) is 66.4 Å². The van der Waals surface area contributed by atoms with Crippen molar-refractivity contribution in [3.63, 3.8) is 0 Å². The molecule has 0 aromatic heterocycles. The van der Waals surface area contributed by atoms with E-state index in [-0.39, 0.29) is 22.2 Å². The normalized spacial score (nSPS) is 25.3. The maximum Gasteiger partial charge on any atom is 0.407 e.